The quantitative estimate of drug-likeness (QED) is 0.797. The molecule has 24 heavy (non-hydrogen) atoms. The zero-order valence-corrected chi connectivity index (χ0v) is 14.7. The molecule has 1 aromatic carbocycles. The van der Waals surface area contributed by atoms with E-state index < -0.39 is 0 Å². The summed E-state index contributed by atoms with van der Waals surface area (Å²) in [6, 6.07) is 9.69. The molecule has 2 aliphatic rings. The minimum absolute atomic E-state index is 0.890. The number of hydrogen-bond acceptors (Lipinski definition) is 3. The molecule has 0 bridgehead atoms. The van der Waals surface area contributed by atoms with Gasteiger partial charge in [0.1, 0.15) is 5.76 Å². The molecule has 0 atom stereocenters. The third kappa shape index (κ3) is 3.05. The van der Waals surface area contributed by atoms with Crippen LogP contribution in [0.4, 0.5) is 0 Å². The topological polar surface area (TPSA) is 29.3 Å². The summed E-state index contributed by atoms with van der Waals surface area (Å²) in [6.07, 6.45) is 9.10. The summed E-state index contributed by atoms with van der Waals surface area (Å²) in [5.74, 6) is 0.891. The van der Waals surface area contributed by atoms with Gasteiger partial charge >= 0.3 is 0 Å². The van der Waals surface area contributed by atoms with Crippen molar-refractivity contribution in [2.75, 3.05) is 13.1 Å². The summed E-state index contributed by atoms with van der Waals surface area (Å²) >= 11 is 0. The van der Waals surface area contributed by atoms with E-state index in [9.17, 15) is 0 Å². The molecule has 0 radical (unpaired) electrons. The van der Waals surface area contributed by atoms with Crippen LogP contribution in [0.5, 0.6) is 0 Å². The van der Waals surface area contributed by atoms with Gasteiger partial charge in [0.15, 0.2) is 0 Å². The zero-order chi connectivity index (χ0) is 16.5. The first-order chi connectivity index (χ1) is 11.7. The third-order valence-electron chi connectivity index (χ3n) is 5.63. The second-order valence-corrected chi connectivity index (χ2v) is 7.24. The van der Waals surface area contributed by atoms with Crippen molar-refractivity contribution < 1.29 is 4.52 Å². The normalized spacial score (nSPS) is 19.3. The van der Waals surface area contributed by atoms with Crippen LogP contribution >= 0.6 is 0 Å². The van der Waals surface area contributed by atoms with Crippen LogP contribution in [-0.4, -0.2) is 29.2 Å². The lowest BCUT2D eigenvalue weighted by Gasteiger charge is -2.40. The number of piperidine rings is 1. The number of benzene rings is 1. The molecular formula is C21H26N2O. The maximum Gasteiger partial charge on any atom is 0.141 e. The number of aromatic nitrogens is 1. The Balaban J connectivity index is 1.44. The van der Waals surface area contributed by atoms with Crippen LogP contribution in [0, 0.1) is 13.8 Å². The van der Waals surface area contributed by atoms with Gasteiger partial charge < -0.3 is 4.52 Å². The van der Waals surface area contributed by atoms with E-state index in [1.54, 1.807) is 5.57 Å². The van der Waals surface area contributed by atoms with E-state index in [0.717, 1.165) is 23.1 Å². The molecule has 1 saturated carbocycles. The Morgan fingerprint density at radius 3 is 2.33 bits per heavy atom. The molecule has 0 unspecified atom stereocenters. The Bertz CT molecular complexity index is 708. The van der Waals surface area contributed by atoms with E-state index in [4.69, 9.17) is 4.52 Å². The fourth-order valence-corrected chi connectivity index (χ4v) is 3.95. The smallest absolute Gasteiger partial charge is 0.141 e. The number of hydrogen-bond donors (Lipinski definition) is 0. The lowest BCUT2D eigenvalue weighted by Crippen LogP contribution is -2.43. The second-order valence-electron chi connectivity index (χ2n) is 7.24. The third-order valence-corrected chi connectivity index (χ3v) is 5.63. The molecule has 3 heteroatoms. The molecule has 1 aromatic heterocycles. The van der Waals surface area contributed by atoms with Gasteiger partial charge in [-0.3, -0.25) is 4.90 Å². The van der Waals surface area contributed by atoms with E-state index in [1.165, 1.54) is 56.3 Å². The minimum Gasteiger partial charge on any atom is -0.361 e. The largest absolute Gasteiger partial charge is 0.361 e. The zero-order valence-electron chi connectivity index (χ0n) is 14.7. The molecule has 1 aliphatic heterocycles. The Labute approximate surface area is 144 Å². The van der Waals surface area contributed by atoms with E-state index in [0.29, 0.717) is 0 Å². The highest BCUT2D eigenvalue weighted by Crippen LogP contribution is 2.30. The Morgan fingerprint density at radius 1 is 1.08 bits per heavy atom. The standard InChI is InChI=1S/C21H26N2O/c1-15-21(16(2)24-22-15)19-8-6-17(7-9-19)14-18-10-12-23(13-11-18)20-4-3-5-20/h6-9,14,20H,3-5,10-13H2,1-2H3. The number of likely N-dealkylation sites (tertiary alicyclic amines) is 1. The fraction of sp³-hybridized carbons (Fsp3) is 0.476. The number of nitrogens with zero attached hydrogens (tertiary/aromatic N) is 2. The highest BCUT2D eigenvalue weighted by molar-refractivity contribution is 5.69. The average molecular weight is 322 g/mol. The maximum atomic E-state index is 5.28. The van der Waals surface area contributed by atoms with Gasteiger partial charge in [-0.25, -0.2) is 0 Å². The van der Waals surface area contributed by atoms with Gasteiger partial charge in [0.05, 0.1) is 5.69 Å². The van der Waals surface area contributed by atoms with Crippen molar-refractivity contribution in [3.63, 3.8) is 0 Å². The van der Waals surface area contributed by atoms with E-state index >= 15 is 0 Å². The van der Waals surface area contributed by atoms with Gasteiger partial charge in [-0.15, -0.1) is 0 Å². The van der Waals surface area contributed by atoms with Gasteiger partial charge in [0, 0.05) is 24.7 Å². The predicted molar refractivity (Wildman–Crippen MR) is 97.8 cm³/mol. The second kappa shape index (κ2) is 6.56. The SMILES string of the molecule is Cc1noc(C)c1-c1ccc(C=C2CCN(C3CCC3)CC2)cc1. The lowest BCUT2D eigenvalue weighted by atomic mass is 9.89. The van der Waals surface area contributed by atoms with Crippen molar-refractivity contribution in [3.8, 4) is 11.1 Å². The van der Waals surface area contributed by atoms with Crippen molar-refractivity contribution in [2.45, 2.75) is 52.0 Å². The first-order valence-electron chi connectivity index (χ1n) is 9.17. The molecule has 4 rings (SSSR count). The average Bonchev–Trinajstić information content (AvgIpc) is 2.87. The van der Waals surface area contributed by atoms with Crippen molar-refractivity contribution in [1.29, 1.82) is 0 Å². The Hall–Kier alpha value is -1.87. The number of aryl methyl sites for hydroxylation is 2. The van der Waals surface area contributed by atoms with E-state index in [1.807, 2.05) is 13.8 Å². The van der Waals surface area contributed by atoms with Gasteiger partial charge in [0.25, 0.3) is 0 Å². The van der Waals surface area contributed by atoms with Crippen LogP contribution in [0.15, 0.2) is 34.4 Å². The summed E-state index contributed by atoms with van der Waals surface area (Å²) in [6.45, 7) is 6.46. The highest BCUT2D eigenvalue weighted by Gasteiger charge is 2.26. The van der Waals surface area contributed by atoms with Crippen LogP contribution in [0.1, 0.15) is 49.1 Å². The molecule has 126 valence electrons. The predicted octanol–water partition coefficient (Wildman–Crippen LogP) is 4.99. The van der Waals surface area contributed by atoms with Crippen molar-refractivity contribution >= 4 is 6.08 Å². The number of rotatable bonds is 3. The fourth-order valence-electron chi connectivity index (χ4n) is 3.95. The van der Waals surface area contributed by atoms with Gasteiger partial charge in [0.2, 0.25) is 0 Å². The monoisotopic (exact) mass is 322 g/mol. The molecule has 1 aliphatic carbocycles. The van der Waals surface area contributed by atoms with Gasteiger partial charge in [-0.1, -0.05) is 47.5 Å². The van der Waals surface area contributed by atoms with E-state index in [2.05, 4.69) is 40.4 Å². The van der Waals surface area contributed by atoms with E-state index in [-0.39, 0.29) is 0 Å². The van der Waals surface area contributed by atoms with Crippen LogP contribution in [-0.2, 0) is 0 Å². The molecule has 3 nitrogen and oxygen atoms in total. The molecule has 1 saturated heterocycles. The highest BCUT2D eigenvalue weighted by atomic mass is 16.5. The molecule has 2 heterocycles. The summed E-state index contributed by atoms with van der Waals surface area (Å²) in [4.78, 5) is 2.70. The Kier molecular flexibility index (Phi) is 4.28. The van der Waals surface area contributed by atoms with Crippen molar-refractivity contribution in [2.24, 2.45) is 0 Å². The maximum absolute atomic E-state index is 5.28. The molecule has 0 spiro atoms. The van der Waals surface area contributed by atoms with Gasteiger partial charge in [-0.2, -0.15) is 0 Å². The first kappa shape index (κ1) is 15.6. The molecule has 2 aromatic rings. The van der Waals surface area contributed by atoms with Crippen LogP contribution in [0.25, 0.3) is 17.2 Å². The summed E-state index contributed by atoms with van der Waals surface area (Å²) in [7, 11) is 0. The van der Waals surface area contributed by atoms with Crippen LogP contribution < -0.4 is 0 Å². The van der Waals surface area contributed by atoms with Gasteiger partial charge in [-0.05, 0) is 50.7 Å². The Morgan fingerprint density at radius 2 is 1.79 bits per heavy atom. The van der Waals surface area contributed by atoms with Crippen molar-refractivity contribution in [1.82, 2.24) is 10.1 Å². The molecular weight excluding hydrogens is 296 g/mol. The minimum atomic E-state index is 0.890. The molecule has 2 fully saturated rings. The van der Waals surface area contributed by atoms with Crippen LogP contribution in [0.3, 0.4) is 0 Å². The van der Waals surface area contributed by atoms with Crippen molar-refractivity contribution in [3.05, 3.63) is 46.9 Å². The van der Waals surface area contributed by atoms with Crippen LogP contribution in [0.2, 0.25) is 0 Å². The first-order valence-corrected chi connectivity index (χ1v) is 9.17. The molecule has 0 amide bonds. The molecule has 0 N–H and O–H groups in total. The summed E-state index contributed by atoms with van der Waals surface area (Å²) in [5, 5.41) is 4.05. The lowest BCUT2D eigenvalue weighted by molar-refractivity contribution is 0.118. The summed E-state index contributed by atoms with van der Waals surface area (Å²) in [5.41, 5.74) is 6.17. The summed E-state index contributed by atoms with van der Waals surface area (Å²) < 4.78 is 5.28.